The Morgan fingerprint density at radius 2 is 1.93 bits per heavy atom. The van der Waals surface area contributed by atoms with E-state index in [4.69, 9.17) is 0 Å². The fourth-order valence-corrected chi connectivity index (χ4v) is 2.75. The van der Waals surface area contributed by atoms with E-state index in [-0.39, 0.29) is 6.04 Å². The van der Waals surface area contributed by atoms with Crippen LogP contribution in [0, 0.1) is 0 Å². The van der Waals surface area contributed by atoms with Gasteiger partial charge >= 0.3 is 0 Å². The van der Waals surface area contributed by atoms with Crippen molar-refractivity contribution < 1.29 is 8.42 Å². The van der Waals surface area contributed by atoms with E-state index >= 15 is 0 Å². The van der Waals surface area contributed by atoms with E-state index in [1.54, 1.807) is 18.4 Å². The Kier molecular flexibility index (Phi) is 3.88. The quantitative estimate of drug-likeness (QED) is 0.679. The van der Waals surface area contributed by atoms with Crippen molar-refractivity contribution in [3.8, 4) is 0 Å². The number of rotatable bonds is 5. The second-order valence-corrected chi connectivity index (χ2v) is 5.81. The topological polar surface area (TPSA) is 52.7 Å². The van der Waals surface area contributed by atoms with Gasteiger partial charge in [0.15, 0.2) is 0 Å². The number of hydrogen-bond donors (Lipinski definition) is 1. The fourth-order valence-electron chi connectivity index (χ4n) is 1.39. The molecule has 0 aromatic heterocycles. The van der Waals surface area contributed by atoms with E-state index in [0.717, 1.165) is 19.5 Å². The van der Waals surface area contributed by atoms with Crippen LogP contribution in [0.3, 0.4) is 0 Å². The second kappa shape index (κ2) is 4.57. The van der Waals surface area contributed by atoms with Gasteiger partial charge in [-0.1, -0.05) is 6.92 Å². The van der Waals surface area contributed by atoms with Crippen molar-refractivity contribution in [2.24, 2.45) is 0 Å². The normalized spacial score (nSPS) is 18.9. The van der Waals surface area contributed by atoms with Gasteiger partial charge in [0, 0.05) is 33.7 Å². The molecular formula is C8H19N3O2S. The Morgan fingerprint density at radius 1 is 1.36 bits per heavy atom. The summed E-state index contributed by atoms with van der Waals surface area (Å²) >= 11 is 0. The van der Waals surface area contributed by atoms with Gasteiger partial charge in [-0.15, -0.1) is 0 Å². The van der Waals surface area contributed by atoms with Crippen LogP contribution in [0.1, 0.15) is 13.3 Å². The molecule has 84 valence electrons. The molecule has 1 aliphatic heterocycles. The Balaban J connectivity index is 2.75. The maximum Gasteiger partial charge on any atom is 0.281 e. The Morgan fingerprint density at radius 3 is 2.21 bits per heavy atom. The molecular weight excluding hydrogens is 202 g/mol. The predicted molar refractivity (Wildman–Crippen MR) is 56.3 cm³/mol. The lowest BCUT2D eigenvalue weighted by Gasteiger charge is -2.38. The molecule has 0 saturated carbocycles. The van der Waals surface area contributed by atoms with E-state index in [9.17, 15) is 8.42 Å². The maximum atomic E-state index is 11.9. The van der Waals surface area contributed by atoms with Crippen LogP contribution in [-0.4, -0.2) is 56.8 Å². The van der Waals surface area contributed by atoms with E-state index in [0.29, 0.717) is 6.54 Å². The molecule has 0 unspecified atom stereocenters. The molecule has 0 spiro atoms. The van der Waals surface area contributed by atoms with E-state index in [2.05, 4.69) is 5.32 Å². The number of nitrogens with one attached hydrogen (secondary N) is 1. The Hall–Kier alpha value is -0.170. The van der Waals surface area contributed by atoms with Gasteiger partial charge in [-0.2, -0.15) is 17.0 Å². The first-order valence-electron chi connectivity index (χ1n) is 4.90. The summed E-state index contributed by atoms with van der Waals surface area (Å²) in [6, 6.07) is 0.141. The molecule has 0 bridgehead atoms. The summed E-state index contributed by atoms with van der Waals surface area (Å²) in [4.78, 5) is 0. The molecule has 0 aromatic carbocycles. The minimum absolute atomic E-state index is 0.141. The molecule has 5 nitrogen and oxygen atoms in total. The molecule has 1 heterocycles. The maximum absolute atomic E-state index is 11.9. The van der Waals surface area contributed by atoms with Crippen LogP contribution in [0.4, 0.5) is 0 Å². The zero-order valence-corrected chi connectivity index (χ0v) is 9.84. The van der Waals surface area contributed by atoms with Crippen molar-refractivity contribution in [2.75, 3.05) is 33.7 Å². The summed E-state index contributed by atoms with van der Waals surface area (Å²) < 4.78 is 26.6. The lowest BCUT2D eigenvalue weighted by atomic mass is 10.2. The minimum Gasteiger partial charge on any atom is -0.313 e. The number of hydrogen-bond acceptors (Lipinski definition) is 3. The van der Waals surface area contributed by atoms with Gasteiger partial charge in [0.1, 0.15) is 0 Å². The largest absolute Gasteiger partial charge is 0.313 e. The monoisotopic (exact) mass is 221 g/mol. The third-order valence-corrected chi connectivity index (χ3v) is 4.37. The van der Waals surface area contributed by atoms with Gasteiger partial charge in [-0.3, -0.25) is 0 Å². The summed E-state index contributed by atoms with van der Waals surface area (Å²) in [6.07, 6.45) is 0.851. The van der Waals surface area contributed by atoms with Crippen LogP contribution in [0.15, 0.2) is 0 Å². The van der Waals surface area contributed by atoms with E-state index in [1.807, 2.05) is 6.92 Å². The van der Waals surface area contributed by atoms with Gasteiger partial charge in [-0.25, -0.2) is 0 Å². The highest BCUT2D eigenvalue weighted by atomic mass is 32.2. The van der Waals surface area contributed by atoms with Gasteiger partial charge in [0.05, 0.1) is 6.04 Å². The first kappa shape index (κ1) is 11.9. The van der Waals surface area contributed by atoms with Crippen molar-refractivity contribution in [3.63, 3.8) is 0 Å². The zero-order chi connectivity index (χ0) is 10.8. The van der Waals surface area contributed by atoms with Gasteiger partial charge < -0.3 is 5.32 Å². The van der Waals surface area contributed by atoms with Crippen molar-refractivity contribution >= 4 is 10.2 Å². The molecule has 1 rings (SSSR count). The molecule has 1 aliphatic rings. The standard InChI is InChI=1S/C8H19N3O2S/c1-4-5-11(8-6-9-7-8)14(12,13)10(2)3/h8-9H,4-7H2,1-3H3. The van der Waals surface area contributed by atoms with Crippen LogP contribution in [-0.2, 0) is 10.2 Å². The first-order valence-corrected chi connectivity index (χ1v) is 6.30. The van der Waals surface area contributed by atoms with Crippen molar-refractivity contribution in [3.05, 3.63) is 0 Å². The van der Waals surface area contributed by atoms with Gasteiger partial charge in [-0.05, 0) is 6.42 Å². The first-order chi connectivity index (χ1) is 6.50. The highest BCUT2D eigenvalue weighted by Crippen LogP contribution is 2.13. The summed E-state index contributed by atoms with van der Waals surface area (Å²) in [5.74, 6) is 0. The average molecular weight is 221 g/mol. The molecule has 1 N–H and O–H groups in total. The minimum atomic E-state index is -3.23. The highest BCUT2D eigenvalue weighted by molar-refractivity contribution is 7.86. The molecule has 0 amide bonds. The average Bonchev–Trinajstić information content (AvgIpc) is 2.00. The summed E-state index contributed by atoms with van der Waals surface area (Å²) in [7, 11) is -0.0876. The third kappa shape index (κ3) is 2.25. The Bertz CT molecular complexity index is 272. The summed E-state index contributed by atoms with van der Waals surface area (Å²) in [6.45, 7) is 4.14. The SMILES string of the molecule is CCCN(C1CNC1)S(=O)(=O)N(C)C. The second-order valence-electron chi connectivity index (χ2n) is 3.71. The summed E-state index contributed by atoms with van der Waals surface area (Å²) in [5.41, 5.74) is 0. The summed E-state index contributed by atoms with van der Waals surface area (Å²) in [5, 5.41) is 3.09. The third-order valence-electron chi connectivity index (χ3n) is 2.37. The van der Waals surface area contributed by atoms with Crippen LogP contribution >= 0.6 is 0 Å². The molecule has 1 fully saturated rings. The van der Waals surface area contributed by atoms with Crippen LogP contribution in [0.5, 0.6) is 0 Å². The van der Waals surface area contributed by atoms with Crippen molar-refractivity contribution in [1.82, 2.24) is 13.9 Å². The molecule has 14 heavy (non-hydrogen) atoms. The molecule has 0 aliphatic carbocycles. The van der Waals surface area contributed by atoms with Crippen molar-refractivity contribution in [2.45, 2.75) is 19.4 Å². The molecule has 0 atom stereocenters. The lowest BCUT2D eigenvalue weighted by Crippen LogP contribution is -2.60. The molecule has 6 heteroatoms. The predicted octanol–water partition coefficient (Wildman–Crippen LogP) is -0.523. The van der Waals surface area contributed by atoms with Crippen LogP contribution in [0.25, 0.3) is 0 Å². The number of nitrogens with zero attached hydrogens (tertiary/aromatic N) is 2. The van der Waals surface area contributed by atoms with E-state index < -0.39 is 10.2 Å². The lowest BCUT2D eigenvalue weighted by molar-refractivity contribution is 0.231. The molecule has 1 saturated heterocycles. The van der Waals surface area contributed by atoms with Gasteiger partial charge in [0.2, 0.25) is 0 Å². The fraction of sp³-hybridized carbons (Fsp3) is 1.00. The molecule has 0 radical (unpaired) electrons. The zero-order valence-electron chi connectivity index (χ0n) is 9.02. The van der Waals surface area contributed by atoms with Crippen LogP contribution in [0.2, 0.25) is 0 Å². The van der Waals surface area contributed by atoms with Gasteiger partial charge in [0.25, 0.3) is 10.2 Å². The highest BCUT2D eigenvalue weighted by Gasteiger charge is 2.34. The smallest absolute Gasteiger partial charge is 0.281 e. The van der Waals surface area contributed by atoms with E-state index in [1.165, 1.54) is 4.31 Å². The molecule has 0 aromatic rings. The Labute approximate surface area is 86.3 Å². The van der Waals surface area contributed by atoms with Crippen LogP contribution < -0.4 is 5.32 Å². The van der Waals surface area contributed by atoms with Crippen molar-refractivity contribution in [1.29, 1.82) is 0 Å².